The lowest BCUT2D eigenvalue weighted by atomic mass is 10.2. The van der Waals surface area contributed by atoms with Crippen molar-refractivity contribution in [2.24, 2.45) is 11.7 Å². The van der Waals surface area contributed by atoms with Crippen molar-refractivity contribution in [2.45, 2.75) is 40.0 Å². The lowest BCUT2D eigenvalue weighted by molar-refractivity contribution is -0.131. The van der Waals surface area contributed by atoms with Gasteiger partial charge >= 0.3 is 0 Å². The van der Waals surface area contributed by atoms with E-state index < -0.39 is 0 Å². The summed E-state index contributed by atoms with van der Waals surface area (Å²) in [5.74, 6) is 0.809. The van der Waals surface area contributed by atoms with Crippen molar-refractivity contribution in [1.29, 1.82) is 0 Å². The Labute approximate surface area is 87.6 Å². The van der Waals surface area contributed by atoms with E-state index in [2.05, 4.69) is 13.8 Å². The first-order valence-electron chi connectivity index (χ1n) is 5.59. The third kappa shape index (κ3) is 5.97. The average molecular weight is 200 g/mol. The number of carbonyl (C=O) groups excluding carboxylic acids is 1. The molecule has 0 fully saturated rings. The first-order chi connectivity index (χ1) is 6.61. The SMILES string of the molecule is CCCC(=O)N(CCCN)CC(C)C. The van der Waals surface area contributed by atoms with Crippen molar-refractivity contribution < 1.29 is 4.79 Å². The minimum atomic E-state index is 0.273. The standard InChI is InChI=1S/C11H24N2O/c1-4-6-11(14)13(8-5-7-12)9-10(2)3/h10H,4-9,12H2,1-3H3. The molecule has 0 rings (SSSR count). The Bertz CT molecular complexity index is 157. The molecule has 14 heavy (non-hydrogen) atoms. The molecule has 3 heteroatoms. The van der Waals surface area contributed by atoms with E-state index in [-0.39, 0.29) is 5.91 Å². The van der Waals surface area contributed by atoms with Gasteiger partial charge in [-0.05, 0) is 25.3 Å². The summed E-state index contributed by atoms with van der Waals surface area (Å²) >= 11 is 0. The van der Waals surface area contributed by atoms with Gasteiger partial charge in [-0.2, -0.15) is 0 Å². The fourth-order valence-corrected chi connectivity index (χ4v) is 1.41. The van der Waals surface area contributed by atoms with Crippen molar-refractivity contribution in [3.8, 4) is 0 Å². The summed E-state index contributed by atoms with van der Waals surface area (Å²) in [5, 5.41) is 0. The van der Waals surface area contributed by atoms with Gasteiger partial charge in [0, 0.05) is 19.5 Å². The second-order valence-corrected chi connectivity index (χ2v) is 4.13. The smallest absolute Gasteiger partial charge is 0.222 e. The topological polar surface area (TPSA) is 46.3 Å². The molecule has 3 nitrogen and oxygen atoms in total. The lowest BCUT2D eigenvalue weighted by Gasteiger charge is -2.24. The van der Waals surface area contributed by atoms with E-state index in [4.69, 9.17) is 5.73 Å². The molecule has 2 N–H and O–H groups in total. The van der Waals surface area contributed by atoms with Crippen LogP contribution in [-0.2, 0) is 4.79 Å². The summed E-state index contributed by atoms with van der Waals surface area (Å²) in [6.07, 6.45) is 2.50. The zero-order valence-electron chi connectivity index (χ0n) is 9.75. The Balaban J connectivity index is 4.01. The summed E-state index contributed by atoms with van der Waals surface area (Å²) in [7, 11) is 0. The Morgan fingerprint density at radius 2 is 2.07 bits per heavy atom. The van der Waals surface area contributed by atoms with Crippen molar-refractivity contribution in [3.05, 3.63) is 0 Å². The van der Waals surface area contributed by atoms with Crippen LogP contribution in [0.4, 0.5) is 0 Å². The first kappa shape index (κ1) is 13.4. The third-order valence-corrected chi connectivity index (χ3v) is 2.03. The lowest BCUT2D eigenvalue weighted by Crippen LogP contribution is -2.35. The average Bonchev–Trinajstić information content (AvgIpc) is 2.12. The first-order valence-corrected chi connectivity index (χ1v) is 5.59. The Morgan fingerprint density at radius 3 is 2.50 bits per heavy atom. The summed E-state index contributed by atoms with van der Waals surface area (Å²) in [6, 6.07) is 0. The molecule has 1 amide bonds. The van der Waals surface area contributed by atoms with E-state index in [1.165, 1.54) is 0 Å². The van der Waals surface area contributed by atoms with Gasteiger partial charge in [-0.1, -0.05) is 20.8 Å². The number of amides is 1. The molecule has 84 valence electrons. The molecule has 0 aliphatic rings. The highest BCUT2D eigenvalue weighted by Gasteiger charge is 2.12. The maximum atomic E-state index is 11.7. The van der Waals surface area contributed by atoms with Crippen molar-refractivity contribution >= 4 is 5.91 Å². The van der Waals surface area contributed by atoms with E-state index >= 15 is 0 Å². The number of hydrogen-bond acceptors (Lipinski definition) is 2. The van der Waals surface area contributed by atoms with Crippen molar-refractivity contribution in [3.63, 3.8) is 0 Å². The molecule has 0 aromatic carbocycles. The van der Waals surface area contributed by atoms with Crippen LogP contribution in [0.3, 0.4) is 0 Å². The predicted molar refractivity (Wildman–Crippen MR) is 60.0 cm³/mol. The van der Waals surface area contributed by atoms with Crippen LogP contribution in [0.25, 0.3) is 0 Å². The minimum absolute atomic E-state index is 0.273. The second-order valence-electron chi connectivity index (χ2n) is 4.13. The van der Waals surface area contributed by atoms with Crippen LogP contribution in [0.5, 0.6) is 0 Å². The maximum Gasteiger partial charge on any atom is 0.222 e. The molecule has 0 aromatic heterocycles. The zero-order valence-corrected chi connectivity index (χ0v) is 9.75. The second kappa shape index (κ2) is 7.80. The fraction of sp³-hybridized carbons (Fsp3) is 0.909. The molecule has 0 saturated heterocycles. The van der Waals surface area contributed by atoms with Gasteiger partial charge in [0.1, 0.15) is 0 Å². The number of hydrogen-bond donors (Lipinski definition) is 1. The molecule has 0 radical (unpaired) electrons. The van der Waals surface area contributed by atoms with Gasteiger partial charge in [-0.15, -0.1) is 0 Å². The highest BCUT2D eigenvalue weighted by atomic mass is 16.2. The van der Waals surface area contributed by atoms with Crippen molar-refractivity contribution in [2.75, 3.05) is 19.6 Å². The molecule has 0 aliphatic heterocycles. The molecule has 0 spiro atoms. The van der Waals surface area contributed by atoms with Crippen LogP contribution in [0.15, 0.2) is 0 Å². The molecule has 0 bridgehead atoms. The Kier molecular flexibility index (Phi) is 7.48. The molecule has 0 aliphatic carbocycles. The summed E-state index contributed by atoms with van der Waals surface area (Å²) in [6.45, 7) is 8.64. The molecule has 0 aromatic rings. The summed E-state index contributed by atoms with van der Waals surface area (Å²) in [5.41, 5.74) is 5.44. The molecular formula is C11H24N2O. The minimum Gasteiger partial charge on any atom is -0.342 e. The normalized spacial score (nSPS) is 10.6. The van der Waals surface area contributed by atoms with Gasteiger partial charge in [0.15, 0.2) is 0 Å². The Hall–Kier alpha value is -0.570. The van der Waals surface area contributed by atoms with Gasteiger partial charge in [-0.3, -0.25) is 4.79 Å². The largest absolute Gasteiger partial charge is 0.342 e. The zero-order chi connectivity index (χ0) is 11.0. The van der Waals surface area contributed by atoms with Gasteiger partial charge in [0.25, 0.3) is 0 Å². The third-order valence-electron chi connectivity index (χ3n) is 2.03. The van der Waals surface area contributed by atoms with E-state index in [0.29, 0.717) is 18.9 Å². The van der Waals surface area contributed by atoms with E-state index in [1.807, 2.05) is 11.8 Å². The fourth-order valence-electron chi connectivity index (χ4n) is 1.41. The van der Waals surface area contributed by atoms with Crippen molar-refractivity contribution in [1.82, 2.24) is 4.90 Å². The number of carbonyl (C=O) groups is 1. The number of rotatable bonds is 7. The van der Waals surface area contributed by atoms with Crippen LogP contribution in [-0.4, -0.2) is 30.4 Å². The monoisotopic (exact) mass is 200 g/mol. The van der Waals surface area contributed by atoms with Crippen LogP contribution in [0, 0.1) is 5.92 Å². The van der Waals surface area contributed by atoms with Crippen LogP contribution in [0.2, 0.25) is 0 Å². The van der Waals surface area contributed by atoms with Crippen LogP contribution in [0.1, 0.15) is 40.0 Å². The van der Waals surface area contributed by atoms with Gasteiger partial charge in [0.2, 0.25) is 5.91 Å². The summed E-state index contributed by atoms with van der Waals surface area (Å²) < 4.78 is 0. The summed E-state index contributed by atoms with van der Waals surface area (Å²) in [4.78, 5) is 13.6. The van der Waals surface area contributed by atoms with Gasteiger partial charge in [0.05, 0.1) is 0 Å². The molecule has 0 heterocycles. The molecule has 0 unspecified atom stereocenters. The van der Waals surface area contributed by atoms with E-state index in [1.54, 1.807) is 0 Å². The molecule has 0 atom stereocenters. The van der Waals surface area contributed by atoms with Gasteiger partial charge in [-0.25, -0.2) is 0 Å². The number of nitrogens with two attached hydrogens (primary N) is 1. The van der Waals surface area contributed by atoms with E-state index in [0.717, 1.165) is 25.9 Å². The quantitative estimate of drug-likeness (QED) is 0.679. The van der Waals surface area contributed by atoms with Crippen LogP contribution >= 0.6 is 0 Å². The predicted octanol–water partition coefficient (Wildman–Crippen LogP) is 1.62. The molecule has 0 saturated carbocycles. The van der Waals surface area contributed by atoms with E-state index in [9.17, 15) is 4.79 Å². The number of nitrogens with zero attached hydrogens (tertiary/aromatic N) is 1. The molecular weight excluding hydrogens is 176 g/mol. The highest BCUT2D eigenvalue weighted by molar-refractivity contribution is 5.76. The Morgan fingerprint density at radius 1 is 1.43 bits per heavy atom. The van der Waals surface area contributed by atoms with Crippen LogP contribution < -0.4 is 5.73 Å². The maximum absolute atomic E-state index is 11.7. The highest BCUT2D eigenvalue weighted by Crippen LogP contribution is 2.03. The van der Waals surface area contributed by atoms with Gasteiger partial charge < -0.3 is 10.6 Å².